The van der Waals surface area contributed by atoms with Gasteiger partial charge >= 0.3 is 0 Å². The molecule has 0 amide bonds. The van der Waals surface area contributed by atoms with Crippen molar-refractivity contribution in [3.63, 3.8) is 0 Å². The van der Waals surface area contributed by atoms with Gasteiger partial charge in [0.25, 0.3) is 0 Å². The van der Waals surface area contributed by atoms with Crippen LogP contribution in [0.25, 0.3) is 0 Å². The van der Waals surface area contributed by atoms with Crippen molar-refractivity contribution in [2.75, 3.05) is 0 Å². The summed E-state index contributed by atoms with van der Waals surface area (Å²) in [4.78, 5) is 0. The highest BCUT2D eigenvalue weighted by atomic mass is 16.8. The molecule has 4 saturated heterocycles. The van der Waals surface area contributed by atoms with Crippen molar-refractivity contribution in [3.05, 3.63) is 71.8 Å². The third kappa shape index (κ3) is 4.95. The maximum Gasteiger partial charge on any atom is 0.164 e. The van der Waals surface area contributed by atoms with Gasteiger partial charge in [-0.15, -0.1) is 0 Å². The van der Waals surface area contributed by atoms with E-state index in [4.69, 9.17) is 42.6 Å². The minimum absolute atomic E-state index is 0.0828. The van der Waals surface area contributed by atoms with E-state index >= 15 is 0 Å². The lowest BCUT2D eigenvalue weighted by molar-refractivity contribution is -0.227. The number of hydrogen-bond acceptors (Lipinski definition) is 9. The molecule has 2 aromatic carbocycles. The maximum absolute atomic E-state index is 7.07. The summed E-state index contributed by atoms with van der Waals surface area (Å²) in [7, 11) is 0. The molecule has 12 atom stereocenters. The SMILES string of the molecule is CC1(C)O[C@@H]2[C@@H]3O[C@@H]3[C@H](OCc3ccccc3)C(O[C@@H]3C(OCc4ccccc4)[C@@H]4OC(C)(C)O[C@@H]4[C@@H]4O[C@@H]43)[C@@H]2O1. The monoisotopic (exact) mass is 566 g/mol. The number of fused-ring (bicyclic) bond motifs is 6. The summed E-state index contributed by atoms with van der Waals surface area (Å²) < 4.78 is 58.1. The maximum atomic E-state index is 7.07. The van der Waals surface area contributed by atoms with Crippen LogP contribution in [0.5, 0.6) is 0 Å². The van der Waals surface area contributed by atoms with Crippen molar-refractivity contribution in [2.45, 2.75) is 126 Å². The third-order valence-electron chi connectivity index (χ3n) is 8.93. The Morgan fingerprint density at radius 2 is 0.878 bits per heavy atom. The zero-order valence-electron chi connectivity index (χ0n) is 23.8. The highest BCUT2D eigenvalue weighted by Crippen LogP contribution is 2.52. The van der Waals surface area contributed by atoms with E-state index in [-0.39, 0.29) is 54.9 Å². The van der Waals surface area contributed by atoms with Crippen molar-refractivity contribution in [1.29, 1.82) is 0 Å². The van der Waals surface area contributed by atoms with Gasteiger partial charge in [0.1, 0.15) is 73.2 Å². The summed E-state index contributed by atoms with van der Waals surface area (Å²) in [6.45, 7) is 8.59. The lowest BCUT2D eigenvalue weighted by Gasteiger charge is -2.41. The molecule has 0 bridgehead atoms. The van der Waals surface area contributed by atoms with Crippen molar-refractivity contribution >= 4 is 0 Å². The number of ether oxygens (including phenoxy) is 9. The molecule has 0 spiro atoms. The minimum Gasteiger partial charge on any atom is -0.368 e. The fraction of sp³-hybridized carbons (Fsp3) is 0.625. The largest absolute Gasteiger partial charge is 0.368 e. The van der Waals surface area contributed by atoms with E-state index in [1.807, 2.05) is 64.1 Å². The van der Waals surface area contributed by atoms with E-state index in [2.05, 4.69) is 24.3 Å². The van der Waals surface area contributed by atoms with Crippen LogP contribution >= 0.6 is 0 Å². The Morgan fingerprint density at radius 3 is 1.39 bits per heavy atom. The Labute approximate surface area is 240 Å². The van der Waals surface area contributed by atoms with Crippen molar-refractivity contribution in [2.24, 2.45) is 0 Å². The molecule has 0 N–H and O–H groups in total. The molecule has 4 aliphatic heterocycles. The zero-order valence-corrected chi connectivity index (χ0v) is 23.8. The van der Waals surface area contributed by atoms with Crippen LogP contribution in [0.4, 0.5) is 0 Å². The smallest absolute Gasteiger partial charge is 0.164 e. The molecule has 9 heteroatoms. The van der Waals surface area contributed by atoms with E-state index in [1.165, 1.54) is 0 Å². The molecule has 41 heavy (non-hydrogen) atoms. The van der Waals surface area contributed by atoms with Crippen LogP contribution in [-0.4, -0.2) is 84.8 Å². The van der Waals surface area contributed by atoms with Crippen LogP contribution in [0, 0.1) is 0 Å². The van der Waals surface area contributed by atoms with E-state index in [0.29, 0.717) is 13.2 Å². The summed E-state index contributed by atoms with van der Waals surface area (Å²) in [5.74, 6) is -1.50. The molecule has 6 aliphatic rings. The fourth-order valence-corrected chi connectivity index (χ4v) is 7.13. The van der Waals surface area contributed by atoms with Gasteiger partial charge in [0.2, 0.25) is 0 Å². The van der Waals surface area contributed by atoms with Gasteiger partial charge in [-0.2, -0.15) is 0 Å². The second-order valence-corrected chi connectivity index (χ2v) is 12.8. The van der Waals surface area contributed by atoms with Crippen LogP contribution in [0.3, 0.4) is 0 Å². The summed E-state index contributed by atoms with van der Waals surface area (Å²) in [6, 6.07) is 20.3. The predicted octanol–water partition coefficient (Wildman–Crippen LogP) is 3.51. The summed E-state index contributed by atoms with van der Waals surface area (Å²) >= 11 is 0. The second-order valence-electron chi connectivity index (χ2n) is 12.8. The van der Waals surface area contributed by atoms with Crippen molar-refractivity contribution in [3.8, 4) is 0 Å². The van der Waals surface area contributed by atoms with Gasteiger partial charge < -0.3 is 42.6 Å². The number of epoxide rings is 2. The van der Waals surface area contributed by atoms with Crippen LogP contribution in [-0.2, 0) is 55.8 Å². The first-order valence-corrected chi connectivity index (χ1v) is 14.8. The minimum atomic E-state index is -0.756. The third-order valence-corrected chi connectivity index (χ3v) is 8.93. The quantitative estimate of drug-likeness (QED) is 0.446. The van der Waals surface area contributed by atoms with Crippen LogP contribution in [0.2, 0.25) is 0 Å². The summed E-state index contributed by atoms with van der Waals surface area (Å²) in [6.07, 6.45) is -3.33. The Bertz CT molecular complexity index is 1240. The van der Waals surface area contributed by atoms with Gasteiger partial charge in [0.05, 0.1) is 13.2 Å². The second kappa shape index (κ2) is 9.80. The number of rotatable bonds is 8. The lowest BCUT2D eigenvalue weighted by atomic mass is 9.86. The van der Waals surface area contributed by atoms with E-state index in [9.17, 15) is 0 Å². The Morgan fingerprint density at radius 1 is 0.488 bits per heavy atom. The molecular weight excluding hydrogens is 528 g/mol. The molecule has 9 nitrogen and oxygen atoms in total. The summed E-state index contributed by atoms with van der Waals surface area (Å²) in [5.41, 5.74) is 2.16. The predicted molar refractivity (Wildman–Crippen MR) is 144 cm³/mol. The molecule has 2 unspecified atom stereocenters. The van der Waals surface area contributed by atoms with Gasteiger partial charge in [0.15, 0.2) is 11.6 Å². The highest BCUT2D eigenvalue weighted by Gasteiger charge is 2.71. The van der Waals surface area contributed by atoms with Gasteiger partial charge in [-0.25, -0.2) is 0 Å². The molecule has 2 aromatic rings. The van der Waals surface area contributed by atoms with Crippen LogP contribution in [0.15, 0.2) is 60.7 Å². The average molecular weight is 567 g/mol. The molecule has 4 heterocycles. The van der Waals surface area contributed by atoms with Gasteiger partial charge in [-0.3, -0.25) is 0 Å². The first-order chi connectivity index (χ1) is 19.8. The molecular formula is C32H38O9. The lowest BCUT2D eigenvalue weighted by Crippen LogP contribution is -2.61. The molecule has 8 rings (SSSR count). The van der Waals surface area contributed by atoms with Crippen LogP contribution < -0.4 is 0 Å². The normalized spacial score (nSPS) is 44.4. The number of benzene rings is 2. The Balaban J connectivity index is 1.09. The van der Waals surface area contributed by atoms with E-state index < -0.39 is 29.9 Å². The Kier molecular flexibility index (Phi) is 6.38. The molecule has 0 aromatic heterocycles. The zero-order chi connectivity index (χ0) is 27.9. The highest BCUT2D eigenvalue weighted by molar-refractivity contribution is 5.19. The topological polar surface area (TPSA) is 89.7 Å². The molecule has 0 radical (unpaired) electrons. The number of hydrogen-bond donors (Lipinski definition) is 0. The average Bonchev–Trinajstić information content (AvgIpc) is 3.86. The van der Waals surface area contributed by atoms with Crippen molar-refractivity contribution < 1.29 is 42.6 Å². The van der Waals surface area contributed by atoms with Gasteiger partial charge in [-0.05, 0) is 38.8 Å². The Hall–Kier alpha value is -1.92. The molecule has 6 fully saturated rings. The standard InChI is InChI=1S/C32H38O9/c1-31(2)38-27-20(34-16-18-13-9-6-10-14-18)22(24-26(37-24)29(27)40-31)35-23-19(33-15-17-11-7-5-8-12-17)21-25(36-21)30-28(23)39-32(3,4)41-30/h5-14,19-30H,15-16H2,1-4H3/t19-,20?,21+,22+,23?,24+,25+,26+,27-,28-,29+,30+/m0/s1. The van der Waals surface area contributed by atoms with E-state index in [0.717, 1.165) is 11.1 Å². The van der Waals surface area contributed by atoms with E-state index in [1.54, 1.807) is 0 Å². The fourth-order valence-electron chi connectivity index (χ4n) is 7.13. The summed E-state index contributed by atoms with van der Waals surface area (Å²) in [5, 5.41) is 0. The van der Waals surface area contributed by atoms with Crippen LogP contribution in [0.1, 0.15) is 38.8 Å². The first-order valence-electron chi connectivity index (χ1n) is 14.8. The molecule has 2 aliphatic carbocycles. The molecule has 220 valence electrons. The first kappa shape index (κ1) is 26.7. The molecule has 2 saturated carbocycles. The van der Waals surface area contributed by atoms with Gasteiger partial charge in [0, 0.05) is 0 Å². The van der Waals surface area contributed by atoms with Gasteiger partial charge in [-0.1, -0.05) is 60.7 Å². The van der Waals surface area contributed by atoms with Crippen molar-refractivity contribution in [1.82, 2.24) is 0 Å².